The van der Waals surface area contributed by atoms with E-state index in [1.54, 1.807) is 69.6 Å². The highest BCUT2D eigenvalue weighted by molar-refractivity contribution is 5.96. The molecule has 0 unspecified atom stereocenters. The second kappa shape index (κ2) is 13.3. The molecule has 0 radical (unpaired) electrons. The molecular weight excluding hydrogens is 536 g/mol. The fourth-order valence-electron chi connectivity index (χ4n) is 4.88. The van der Waals surface area contributed by atoms with Gasteiger partial charge in [0, 0.05) is 42.8 Å². The molecule has 1 saturated heterocycles. The van der Waals surface area contributed by atoms with Crippen LogP contribution in [0.3, 0.4) is 0 Å². The Labute approximate surface area is 245 Å². The highest BCUT2D eigenvalue weighted by Crippen LogP contribution is 2.31. The molecule has 42 heavy (non-hydrogen) atoms. The molecule has 4 N–H and O–H groups in total. The number of anilines is 2. The van der Waals surface area contributed by atoms with Gasteiger partial charge < -0.3 is 30.7 Å². The average Bonchev–Trinajstić information content (AvgIpc) is 2.99. The predicted octanol–water partition coefficient (Wildman–Crippen LogP) is 4.08. The number of carbonyl (C=O) groups excluding carboxylic acids is 2. The fourth-order valence-corrected chi connectivity index (χ4v) is 4.88. The quantitative estimate of drug-likeness (QED) is 0.281. The van der Waals surface area contributed by atoms with E-state index in [1.165, 1.54) is 0 Å². The van der Waals surface area contributed by atoms with E-state index < -0.39 is 28.9 Å². The van der Waals surface area contributed by atoms with Crippen molar-refractivity contribution in [1.82, 2.24) is 20.6 Å². The van der Waals surface area contributed by atoms with Crippen molar-refractivity contribution in [3.63, 3.8) is 0 Å². The number of hydrogen-bond acceptors (Lipinski definition) is 8. The van der Waals surface area contributed by atoms with Crippen molar-refractivity contribution >= 4 is 29.6 Å². The number of piperidine rings is 1. The Morgan fingerprint density at radius 3 is 2.31 bits per heavy atom. The Balaban J connectivity index is 1.38. The van der Waals surface area contributed by atoms with Crippen LogP contribution in [0, 0.1) is 5.41 Å². The molecule has 1 atom stereocenters. The van der Waals surface area contributed by atoms with E-state index in [0.717, 1.165) is 37.2 Å². The van der Waals surface area contributed by atoms with Crippen LogP contribution in [0.2, 0.25) is 0 Å². The molecule has 0 spiro atoms. The number of nitrogens with zero attached hydrogens (tertiary/aromatic N) is 3. The van der Waals surface area contributed by atoms with Gasteiger partial charge in [0.2, 0.25) is 5.95 Å². The van der Waals surface area contributed by atoms with Crippen molar-refractivity contribution in [1.29, 1.82) is 0 Å². The standard InChI is InChI=1S/C31H38N6O5/c1-30(2,3)31(27(39)40,36-29(41)42-20-22-9-5-4-6-10-22)21-34-26(38)23-11-7-12-25(19-23)37-17-13-24(14-18-37)35-28-32-15-8-16-33-28/h4-12,15-16,19,24H,13-14,17-18,20-21H2,1-3H3,(H,34,38)(H,36,41)(H,39,40)(H,32,33,35)/t31-/m0/s1. The molecular formula is C31H38N6O5. The summed E-state index contributed by atoms with van der Waals surface area (Å²) in [4.78, 5) is 49.2. The number of alkyl carbamates (subject to hydrolysis) is 1. The zero-order valence-corrected chi connectivity index (χ0v) is 24.2. The first kappa shape index (κ1) is 30.3. The first-order valence-electron chi connectivity index (χ1n) is 14.0. The maximum atomic E-state index is 13.2. The van der Waals surface area contributed by atoms with Gasteiger partial charge in [-0.3, -0.25) is 4.79 Å². The van der Waals surface area contributed by atoms with E-state index in [2.05, 4.69) is 30.8 Å². The van der Waals surface area contributed by atoms with E-state index in [4.69, 9.17) is 4.74 Å². The second-order valence-corrected chi connectivity index (χ2v) is 11.4. The summed E-state index contributed by atoms with van der Waals surface area (Å²) in [6.45, 7) is 6.29. The molecule has 3 aromatic rings. The summed E-state index contributed by atoms with van der Waals surface area (Å²) in [6, 6.07) is 18.3. The van der Waals surface area contributed by atoms with Crippen molar-refractivity contribution in [3.8, 4) is 0 Å². The van der Waals surface area contributed by atoms with Crippen molar-refractivity contribution in [2.45, 2.75) is 51.8 Å². The molecule has 11 nitrogen and oxygen atoms in total. The Kier molecular flexibility index (Phi) is 9.61. The van der Waals surface area contributed by atoms with Crippen LogP contribution < -0.4 is 20.9 Å². The summed E-state index contributed by atoms with van der Waals surface area (Å²) in [5, 5.41) is 18.9. The molecule has 1 fully saturated rings. The predicted molar refractivity (Wildman–Crippen MR) is 159 cm³/mol. The number of nitrogens with one attached hydrogen (secondary N) is 3. The molecule has 2 heterocycles. The van der Waals surface area contributed by atoms with Crippen LogP contribution in [0.5, 0.6) is 0 Å². The lowest BCUT2D eigenvalue weighted by Gasteiger charge is -2.41. The van der Waals surface area contributed by atoms with Crippen LogP contribution >= 0.6 is 0 Å². The molecule has 0 aliphatic carbocycles. The zero-order chi connectivity index (χ0) is 30.2. The normalized spacial score (nSPS) is 15.3. The Bertz CT molecular complexity index is 1360. The van der Waals surface area contributed by atoms with Gasteiger partial charge in [-0.1, -0.05) is 57.2 Å². The van der Waals surface area contributed by atoms with E-state index in [9.17, 15) is 19.5 Å². The Hall–Kier alpha value is -4.67. The van der Waals surface area contributed by atoms with Crippen molar-refractivity contribution in [2.24, 2.45) is 5.41 Å². The molecule has 1 aliphatic rings. The number of aromatic nitrogens is 2. The molecule has 1 aliphatic heterocycles. The lowest BCUT2D eigenvalue weighted by Crippen LogP contribution is -2.67. The fraction of sp³-hybridized carbons (Fsp3) is 0.387. The van der Waals surface area contributed by atoms with Crippen LogP contribution in [0.1, 0.15) is 49.5 Å². The molecule has 11 heteroatoms. The van der Waals surface area contributed by atoms with Crippen LogP contribution in [0.25, 0.3) is 0 Å². The number of benzene rings is 2. The lowest BCUT2D eigenvalue weighted by molar-refractivity contribution is -0.149. The number of amides is 2. The van der Waals surface area contributed by atoms with Crippen molar-refractivity contribution in [3.05, 3.63) is 84.2 Å². The summed E-state index contributed by atoms with van der Waals surface area (Å²) in [7, 11) is 0. The first-order valence-corrected chi connectivity index (χ1v) is 14.0. The molecule has 0 bridgehead atoms. The Morgan fingerprint density at radius 1 is 0.976 bits per heavy atom. The van der Waals surface area contributed by atoms with Gasteiger partial charge >= 0.3 is 12.1 Å². The van der Waals surface area contributed by atoms with Gasteiger partial charge in [0.05, 0.1) is 6.54 Å². The van der Waals surface area contributed by atoms with E-state index in [-0.39, 0.29) is 19.2 Å². The molecule has 4 rings (SSSR count). The SMILES string of the molecule is CC(C)(C)[C@@](CNC(=O)c1cccc(N2CCC(Nc3ncccn3)CC2)c1)(NC(=O)OCc1ccccc1)C(=O)O. The van der Waals surface area contributed by atoms with Gasteiger partial charge in [-0.2, -0.15) is 0 Å². The first-order chi connectivity index (χ1) is 20.1. The van der Waals surface area contributed by atoms with E-state index in [0.29, 0.717) is 11.5 Å². The summed E-state index contributed by atoms with van der Waals surface area (Å²) in [5.74, 6) is -1.11. The van der Waals surface area contributed by atoms with E-state index in [1.807, 2.05) is 24.3 Å². The number of carboxylic acids is 1. The van der Waals surface area contributed by atoms with Crippen molar-refractivity contribution in [2.75, 3.05) is 29.9 Å². The second-order valence-electron chi connectivity index (χ2n) is 11.4. The minimum atomic E-state index is -1.83. The highest BCUT2D eigenvalue weighted by Gasteiger charge is 2.51. The largest absolute Gasteiger partial charge is 0.479 e. The summed E-state index contributed by atoms with van der Waals surface area (Å²) in [5.41, 5.74) is -0.734. The number of ether oxygens (including phenoxy) is 1. The topological polar surface area (TPSA) is 146 Å². The number of aliphatic carboxylic acids is 1. The molecule has 2 amide bonds. The van der Waals surface area contributed by atoms with Gasteiger partial charge in [0.25, 0.3) is 5.91 Å². The lowest BCUT2D eigenvalue weighted by atomic mass is 9.73. The van der Waals surface area contributed by atoms with Crippen LogP contribution in [-0.2, 0) is 16.1 Å². The van der Waals surface area contributed by atoms with Gasteiger partial charge in [-0.15, -0.1) is 0 Å². The monoisotopic (exact) mass is 574 g/mol. The number of rotatable bonds is 10. The van der Waals surface area contributed by atoms with E-state index >= 15 is 0 Å². The van der Waals surface area contributed by atoms with Crippen LogP contribution in [0.4, 0.5) is 16.4 Å². The molecule has 222 valence electrons. The molecule has 1 aromatic heterocycles. The summed E-state index contributed by atoms with van der Waals surface area (Å²) >= 11 is 0. The third kappa shape index (κ3) is 7.54. The maximum Gasteiger partial charge on any atom is 0.408 e. The Morgan fingerprint density at radius 2 is 1.67 bits per heavy atom. The minimum absolute atomic E-state index is 0.0149. The number of carbonyl (C=O) groups is 3. The molecule has 0 saturated carbocycles. The van der Waals surface area contributed by atoms with Gasteiger partial charge in [-0.25, -0.2) is 19.6 Å². The van der Waals surface area contributed by atoms with Gasteiger partial charge in [0.15, 0.2) is 5.54 Å². The number of hydrogen-bond donors (Lipinski definition) is 4. The number of carboxylic acid groups (broad SMARTS) is 1. The van der Waals surface area contributed by atoms with Crippen LogP contribution in [0.15, 0.2) is 73.1 Å². The third-order valence-corrected chi connectivity index (χ3v) is 7.56. The van der Waals surface area contributed by atoms with Crippen LogP contribution in [-0.4, -0.2) is 64.3 Å². The van der Waals surface area contributed by atoms with Gasteiger partial charge in [-0.05, 0) is 48.1 Å². The highest BCUT2D eigenvalue weighted by atomic mass is 16.5. The third-order valence-electron chi connectivity index (χ3n) is 7.56. The smallest absolute Gasteiger partial charge is 0.408 e. The summed E-state index contributed by atoms with van der Waals surface area (Å²) < 4.78 is 5.30. The average molecular weight is 575 g/mol. The zero-order valence-electron chi connectivity index (χ0n) is 24.2. The van der Waals surface area contributed by atoms with Crippen molar-refractivity contribution < 1.29 is 24.2 Å². The maximum absolute atomic E-state index is 13.2. The molecule has 2 aromatic carbocycles. The summed E-state index contributed by atoms with van der Waals surface area (Å²) in [6.07, 6.45) is 4.29. The minimum Gasteiger partial charge on any atom is -0.479 e. The van der Waals surface area contributed by atoms with Gasteiger partial charge in [0.1, 0.15) is 6.61 Å².